The number of hydrogen-bond acceptors (Lipinski definition) is 3. The molecule has 1 atom stereocenters. The van der Waals surface area contributed by atoms with Crippen molar-refractivity contribution in [1.29, 1.82) is 0 Å². The van der Waals surface area contributed by atoms with E-state index in [4.69, 9.17) is 27.9 Å². The number of alkyl halides is 1. The Hall–Kier alpha value is -2.86. The number of allylic oxidation sites excluding steroid dienone is 1. The average Bonchev–Trinajstić information content (AvgIpc) is 3.27. The average molecular weight is 569 g/mol. The van der Waals surface area contributed by atoms with Gasteiger partial charge in [0.2, 0.25) is 0 Å². The predicted molar refractivity (Wildman–Crippen MR) is 156 cm³/mol. The van der Waals surface area contributed by atoms with E-state index in [1.807, 2.05) is 30.3 Å². The van der Waals surface area contributed by atoms with Crippen molar-refractivity contribution in [3.05, 3.63) is 98.0 Å². The molecule has 2 aliphatic rings. The van der Waals surface area contributed by atoms with Crippen molar-refractivity contribution in [3.8, 4) is 5.75 Å². The van der Waals surface area contributed by atoms with Gasteiger partial charge in [0.25, 0.3) is 0 Å². The number of hydrogen-bond donors (Lipinski definition) is 1. The van der Waals surface area contributed by atoms with E-state index in [0.29, 0.717) is 16.5 Å². The van der Waals surface area contributed by atoms with Gasteiger partial charge in [-0.2, -0.15) is 0 Å². The first-order chi connectivity index (χ1) is 18.9. The molecule has 3 aromatic rings. The second kappa shape index (κ2) is 12.1. The third-order valence-electron chi connectivity index (χ3n) is 7.74. The highest BCUT2D eigenvalue weighted by Gasteiger charge is 2.27. The van der Waals surface area contributed by atoms with Crippen molar-refractivity contribution in [2.45, 2.75) is 45.1 Å². The number of fused-ring (bicyclic) bond motifs is 1. The maximum absolute atomic E-state index is 12.7. The summed E-state index contributed by atoms with van der Waals surface area (Å²) in [5.74, 6) is -0.107. The molecule has 4 nitrogen and oxygen atoms in total. The van der Waals surface area contributed by atoms with Gasteiger partial charge in [0.05, 0.1) is 12.2 Å². The largest absolute Gasteiger partial charge is 0.489 e. The smallest absolute Gasteiger partial charge is 0.335 e. The van der Waals surface area contributed by atoms with Gasteiger partial charge in [-0.1, -0.05) is 47.5 Å². The topological polar surface area (TPSA) is 49.8 Å². The highest BCUT2D eigenvalue weighted by atomic mass is 35.5. The fraction of sp³-hybridized carbons (Fsp3) is 0.344. The summed E-state index contributed by atoms with van der Waals surface area (Å²) in [4.78, 5) is 14.0. The summed E-state index contributed by atoms with van der Waals surface area (Å²) in [7, 11) is 0. The first kappa shape index (κ1) is 27.7. The predicted octanol–water partition coefficient (Wildman–Crippen LogP) is 8.11. The Morgan fingerprint density at radius 3 is 2.67 bits per heavy atom. The Morgan fingerprint density at radius 1 is 1.08 bits per heavy atom. The van der Waals surface area contributed by atoms with Crippen molar-refractivity contribution in [3.63, 3.8) is 0 Å². The van der Waals surface area contributed by atoms with Crippen LogP contribution in [0, 0.1) is 6.92 Å². The highest BCUT2D eigenvalue weighted by molar-refractivity contribution is 6.36. The quantitative estimate of drug-likeness (QED) is 0.298. The molecule has 1 saturated heterocycles. The Kier molecular flexibility index (Phi) is 8.61. The number of aryl methyl sites for hydroxylation is 1. The van der Waals surface area contributed by atoms with Crippen molar-refractivity contribution in [2.24, 2.45) is 0 Å². The van der Waals surface area contributed by atoms with Gasteiger partial charge in [0.15, 0.2) is 0 Å². The molecule has 0 unspecified atom stereocenters. The molecule has 0 spiro atoms. The van der Waals surface area contributed by atoms with Gasteiger partial charge in [-0.05, 0) is 108 Å². The van der Waals surface area contributed by atoms with E-state index in [1.54, 1.807) is 18.2 Å². The van der Waals surface area contributed by atoms with Gasteiger partial charge in [-0.25, -0.2) is 4.79 Å². The van der Waals surface area contributed by atoms with Crippen LogP contribution in [-0.4, -0.2) is 48.4 Å². The number of ether oxygens (including phenoxy) is 1. The van der Waals surface area contributed by atoms with E-state index in [-0.39, 0.29) is 18.3 Å². The van der Waals surface area contributed by atoms with Crippen LogP contribution in [0.3, 0.4) is 0 Å². The van der Waals surface area contributed by atoms with E-state index in [2.05, 4.69) is 17.9 Å². The zero-order valence-electron chi connectivity index (χ0n) is 22.0. The molecule has 3 aromatic carbocycles. The minimum atomic E-state index is -0.933. The van der Waals surface area contributed by atoms with Crippen molar-refractivity contribution >= 4 is 40.3 Å². The number of halogens is 3. The summed E-state index contributed by atoms with van der Waals surface area (Å²) in [6.45, 7) is 4.23. The minimum Gasteiger partial charge on any atom is -0.489 e. The van der Waals surface area contributed by atoms with E-state index < -0.39 is 5.97 Å². The molecular weight excluding hydrogens is 536 g/mol. The van der Waals surface area contributed by atoms with Gasteiger partial charge in [-0.3, -0.25) is 9.29 Å². The third kappa shape index (κ3) is 6.01. The number of aromatic carboxylic acids is 1. The maximum Gasteiger partial charge on any atom is 0.335 e. The molecule has 7 heteroatoms. The Bertz CT molecular complexity index is 1420. The highest BCUT2D eigenvalue weighted by Crippen LogP contribution is 2.44. The SMILES string of the molecule is Cc1c(O[C@@H]2CCN(CCCF)C2)cccc1C1=C(c2ccc(Cl)cc2Cl)CCCc2cc(C(=O)O)ccc21. The summed E-state index contributed by atoms with van der Waals surface area (Å²) < 4.78 is 19.2. The van der Waals surface area contributed by atoms with Crippen molar-refractivity contribution in [1.82, 2.24) is 4.90 Å². The van der Waals surface area contributed by atoms with Crippen LogP contribution in [0.25, 0.3) is 11.1 Å². The lowest BCUT2D eigenvalue weighted by Gasteiger charge is -2.22. The summed E-state index contributed by atoms with van der Waals surface area (Å²) in [5.41, 5.74) is 7.44. The monoisotopic (exact) mass is 567 g/mol. The van der Waals surface area contributed by atoms with Gasteiger partial charge in [0.1, 0.15) is 11.9 Å². The van der Waals surface area contributed by atoms with Crippen LogP contribution in [-0.2, 0) is 6.42 Å². The van der Waals surface area contributed by atoms with Crippen LogP contribution in [0.2, 0.25) is 10.0 Å². The fourth-order valence-corrected chi connectivity index (χ4v) is 6.33. The van der Waals surface area contributed by atoms with Crippen LogP contribution >= 0.6 is 23.2 Å². The minimum absolute atomic E-state index is 0.0530. The fourth-order valence-electron chi connectivity index (χ4n) is 5.80. The molecule has 1 heterocycles. The summed E-state index contributed by atoms with van der Waals surface area (Å²) in [5, 5.41) is 10.8. The van der Waals surface area contributed by atoms with Gasteiger partial charge in [0, 0.05) is 29.7 Å². The van der Waals surface area contributed by atoms with Crippen LogP contribution in [0.15, 0.2) is 54.6 Å². The number of nitrogens with zero attached hydrogens (tertiary/aromatic N) is 1. The van der Waals surface area contributed by atoms with E-state index in [0.717, 1.165) is 90.0 Å². The Labute approximate surface area is 239 Å². The molecule has 204 valence electrons. The van der Waals surface area contributed by atoms with E-state index in [9.17, 15) is 14.3 Å². The van der Waals surface area contributed by atoms with E-state index >= 15 is 0 Å². The molecule has 0 amide bonds. The van der Waals surface area contributed by atoms with Gasteiger partial charge >= 0.3 is 5.97 Å². The van der Waals surface area contributed by atoms with Crippen LogP contribution in [0.1, 0.15) is 63.9 Å². The van der Waals surface area contributed by atoms with Crippen LogP contribution in [0.4, 0.5) is 4.39 Å². The number of likely N-dealkylation sites (tertiary alicyclic amines) is 1. The zero-order chi connectivity index (χ0) is 27.5. The number of carboxylic acids is 1. The second-order valence-corrected chi connectivity index (χ2v) is 11.2. The molecule has 1 fully saturated rings. The first-order valence-corrected chi connectivity index (χ1v) is 14.2. The van der Waals surface area contributed by atoms with Crippen molar-refractivity contribution in [2.75, 3.05) is 26.3 Å². The lowest BCUT2D eigenvalue weighted by molar-refractivity contribution is 0.0696. The molecule has 1 N–H and O–H groups in total. The van der Waals surface area contributed by atoms with Gasteiger partial charge in [-0.15, -0.1) is 0 Å². The maximum atomic E-state index is 12.7. The Balaban J connectivity index is 1.61. The normalized spacial score (nSPS) is 17.7. The number of rotatable bonds is 8. The second-order valence-electron chi connectivity index (χ2n) is 10.3. The molecule has 1 aliphatic heterocycles. The Morgan fingerprint density at radius 2 is 1.90 bits per heavy atom. The zero-order valence-corrected chi connectivity index (χ0v) is 23.5. The summed E-state index contributed by atoms with van der Waals surface area (Å²) in [6.07, 6.45) is 3.92. The van der Waals surface area contributed by atoms with Crippen LogP contribution < -0.4 is 4.74 Å². The molecule has 5 rings (SSSR count). The number of carboxylic acid groups (broad SMARTS) is 1. The standard InChI is InChI=1S/C32H32Cl2FNO3/c1-20-25(6-3-8-30(20)39-24-13-16-36(19-24)15-4-14-35)31-26-11-9-22(32(37)38)17-21(26)5-2-7-28(31)27-12-10-23(33)18-29(27)34/h3,6,8-12,17-18,24H,2,4-5,7,13-16,19H2,1H3,(H,37,38)/t24-/m1/s1. The van der Waals surface area contributed by atoms with Gasteiger partial charge < -0.3 is 9.84 Å². The molecule has 0 aromatic heterocycles. The number of benzene rings is 3. The molecular formula is C32H32Cl2FNO3. The molecule has 39 heavy (non-hydrogen) atoms. The molecule has 1 aliphatic carbocycles. The number of carbonyl (C=O) groups is 1. The molecule has 0 saturated carbocycles. The van der Waals surface area contributed by atoms with Crippen molar-refractivity contribution < 1.29 is 19.0 Å². The molecule has 0 bridgehead atoms. The third-order valence-corrected chi connectivity index (χ3v) is 8.28. The first-order valence-electron chi connectivity index (χ1n) is 13.5. The summed E-state index contributed by atoms with van der Waals surface area (Å²) >= 11 is 13.0. The van der Waals surface area contributed by atoms with Crippen LogP contribution in [0.5, 0.6) is 5.75 Å². The summed E-state index contributed by atoms with van der Waals surface area (Å²) in [6, 6.07) is 17.1. The molecule has 0 radical (unpaired) electrons. The van der Waals surface area contributed by atoms with E-state index in [1.165, 1.54) is 0 Å². The lowest BCUT2D eigenvalue weighted by Crippen LogP contribution is -2.26. The lowest BCUT2D eigenvalue weighted by atomic mass is 9.85.